The highest BCUT2D eigenvalue weighted by Gasteiger charge is 2.19. The normalized spacial score (nSPS) is 16.4. The van der Waals surface area contributed by atoms with Gasteiger partial charge in [-0.15, -0.1) is 0 Å². The van der Waals surface area contributed by atoms with Crippen molar-refractivity contribution in [2.75, 3.05) is 26.2 Å². The minimum atomic E-state index is 0.295. The fourth-order valence-corrected chi connectivity index (χ4v) is 2.86. The standard InChI is InChI=1S/C18H23N5O/c1-14(2)18-20-17(24-21-18)13-23-8-6-22(7-9-23)12-16-5-3-4-15(10-16)11-19/h3-5,10,14H,6-9,12-13H2,1-2H3. The van der Waals surface area contributed by atoms with Crippen molar-refractivity contribution in [1.82, 2.24) is 19.9 Å². The van der Waals surface area contributed by atoms with Crippen LogP contribution in [0, 0.1) is 11.3 Å². The fraction of sp³-hybridized carbons (Fsp3) is 0.500. The number of hydrogen-bond donors (Lipinski definition) is 0. The number of aromatic nitrogens is 2. The molecule has 2 aromatic rings. The summed E-state index contributed by atoms with van der Waals surface area (Å²) in [6.45, 7) is 9.71. The van der Waals surface area contributed by atoms with Gasteiger partial charge < -0.3 is 4.52 Å². The summed E-state index contributed by atoms with van der Waals surface area (Å²) >= 11 is 0. The third kappa shape index (κ3) is 4.19. The predicted molar refractivity (Wildman–Crippen MR) is 90.1 cm³/mol. The van der Waals surface area contributed by atoms with Crippen molar-refractivity contribution >= 4 is 0 Å². The quantitative estimate of drug-likeness (QED) is 0.841. The van der Waals surface area contributed by atoms with Crippen LogP contribution < -0.4 is 0 Å². The summed E-state index contributed by atoms with van der Waals surface area (Å²) < 4.78 is 5.33. The lowest BCUT2D eigenvalue weighted by atomic mass is 10.1. The Morgan fingerprint density at radius 3 is 2.50 bits per heavy atom. The molecular weight excluding hydrogens is 302 g/mol. The molecule has 0 saturated carbocycles. The number of nitrogens with zero attached hydrogens (tertiary/aromatic N) is 5. The van der Waals surface area contributed by atoms with Gasteiger partial charge >= 0.3 is 0 Å². The minimum absolute atomic E-state index is 0.295. The van der Waals surface area contributed by atoms with Gasteiger partial charge in [0.25, 0.3) is 0 Å². The third-order valence-corrected chi connectivity index (χ3v) is 4.29. The highest BCUT2D eigenvalue weighted by molar-refractivity contribution is 5.32. The molecule has 1 aromatic heterocycles. The maximum absolute atomic E-state index is 8.99. The maximum Gasteiger partial charge on any atom is 0.240 e. The van der Waals surface area contributed by atoms with Crippen molar-refractivity contribution in [3.05, 3.63) is 47.1 Å². The monoisotopic (exact) mass is 325 g/mol. The van der Waals surface area contributed by atoms with E-state index in [2.05, 4.69) is 45.9 Å². The van der Waals surface area contributed by atoms with Gasteiger partial charge in [-0.05, 0) is 17.7 Å². The summed E-state index contributed by atoms with van der Waals surface area (Å²) in [7, 11) is 0. The van der Waals surface area contributed by atoms with Gasteiger partial charge in [0.15, 0.2) is 5.82 Å². The van der Waals surface area contributed by atoms with Crippen LogP contribution in [0.5, 0.6) is 0 Å². The first-order valence-corrected chi connectivity index (χ1v) is 8.40. The Kier molecular flexibility index (Phi) is 5.24. The summed E-state index contributed by atoms with van der Waals surface area (Å²) in [6, 6.07) is 10.0. The van der Waals surface area contributed by atoms with Crippen molar-refractivity contribution < 1.29 is 4.52 Å². The molecule has 6 heteroatoms. The Morgan fingerprint density at radius 2 is 1.88 bits per heavy atom. The predicted octanol–water partition coefficient (Wildman–Crippen LogP) is 2.38. The number of benzene rings is 1. The second-order valence-corrected chi connectivity index (χ2v) is 6.57. The van der Waals surface area contributed by atoms with E-state index in [1.165, 1.54) is 5.56 Å². The second-order valence-electron chi connectivity index (χ2n) is 6.57. The smallest absolute Gasteiger partial charge is 0.240 e. The number of piperazine rings is 1. The summed E-state index contributed by atoms with van der Waals surface area (Å²) in [5.74, 6) is 1.78. The van der Waals surface area contributed by atoms with E-state index in [-0.39, 0.29) is 0 Å². The zero-order chi connectivity index (χ0) is 16.9. The molecule has 0 amide bonds. The van der Waals surface area contributed by atoms with E-state index in [0.29, 0.717) is 11.8 Å². The summed E-state index contributed by atoms with van der Waals surface area (Å²) in [6.07, 6.45) is 0. The molecule has 0 aliphatic carbocycles. The van der Waals surface area contributed by atoms with Crippen LogP contribution in [0.25, 0.3) is 0 Å². The lowest BCUT2D eigenvalue weighted by Gasteiger charge is -2.33. The van der Waals surface area contributed by atoms with E-state index in [1.807, 2.05) is 18.2 Å². The molecule has 1 fully saturated rings. The van der Waals surface area contributed by atoms with E-state index >= 15 is 0 Å². The molecule has 0 radical (unpaired) electrons. The molecule has 1 aromatic carbocycles. The Morgan fingerprint density at radius 1 is 1.17 bits per heavy atom. The first kappa shape index (κ1) is 16.6. The molecule has 2 heterocycles. The van der Waals surface area contributed by atoms with E-state index in [4.69, 9.17) is 9.78 Å². The zero-order valence-corrected chi connectivity index (χ0v) is 14.3. The van der Waals surface area contributed by atoms with Gasteiger partial charge in [-0.25, -0.2) is 0 Å². The van der Waals surface area contributed by atoms with Gasteiger partial charge in [0, 0.05) is 38.6 Å². The molecular formula is C18H23N5O. The first-order valence-electron chi connectivity index (χ1n) is 8.40. The maximum atomic E-state index is 8.99. The number of rotatable bonds is 5. The van der Waals surface area contributed by atoms with Crippen molar-refractivity contribution in [3.63, 3.8) is 0 Å². The SMILES string of the molecule is CC(C)c1noc(CN2CCN(Cc3cccc(C#N)c3)CC2)n1. The third-order valence-electron chi connectivity index (χ3n) is 4.29. The van der Waals surface area contributed by atoms with Crippen molar-refractivity contribution in [1.29, 1.82) is 5.26 Å². The Labute approximate surface area is 142 Å². The van der Waals surface area contributed by atoms with E-state index in [9.17, 15) is 0 Å². The van der Waals surface area contributed by atoms with Crippen LogP contribution in [0.3, 0.4) is 0 Å². The minimum Gasteiger partial charge on any atom is -0.338 e. The first-order chi connectivity index (χ1) is 11.6. The van der Waals surface area contributed by atoms with E-state index in [0.717, 1.165) is 50.7 Å². The molecule has 1 aliphatic rings. The van der Waals surface area contributed by atoms with Crippen LogP contribution in [-0.2, 0) is 13.1 Å². The van der Waals surface area contributed by atoms with Crippen LogP contribution in [0.1, 0.15) is 42.6 Å². The molecule has 1 aliphatic heterocycles. The summed E-state index contributed by atoms with van der Waals surface area (Å²) in [5, 5.41) is 13.0. The van der Waals surface area contributed by atoms with Gasteiger partial charge in [-0.2, -0.15) is 10.2 Å². The Bertz CT molecular complexity index is 710. The lowest BCUT2D eigenvalue weighted by Crippen LogP contribution is -2.45. The van der Waals surface area contributed by atoms with E-state index < -0.39 is 0 Å². The van der Waals surface area contributed by atoms with Crippen LogP contribution >= 0.6 is 0 Å². The fourth-order valence-electron chi connectivity index (χ4n) is 2.86. The largest absolute Gasteiger partial charge is 0.338 e. The highest BCUT2D eigenvalue weighted by atomic mass is 16.5. The van der Waals surface area contributed by atoms with Crippen molar-refractivity contribution in [2.24, 2.45) is 0 Å². The molecule has 126 valence electrons. The molecule has 0 unspecified atom stereocenters. The Hall–Kier alpha value is -2.23. The molecule has 0 bridgehead atoms. The topological polar surface area (TPSA) is 69.2 Å². The average Bonchev–Trinajstić information content (AvgIpc) is 3.06. The molecule has 1 saturated heterocycles. The summed E-state index contributed by atoms with van der Waals surface area (Å²) in [5.41, 5.74) is 1.92. The zero-order valence-electron chi connectivity index (χ0n) is 14.3. The van der Waals surface area contributed by atoms with Gasteiger partial charge in [-0.3, -0.25) is 9.80 Å². The molecule has 0 N–H and O–H groups in total. The lowest BCUT2D eigenvalue weighted by molar-refractivity contribution is 0.112. The van der Waals surface area contributed by atoms with Gasteiger partial charge in [0.1, 0.15) is 0 Å². The van der Waals surface area contributed by atoms with Crippen LogP contribution in [0.4, 0.5) is 0 Å². The highest BCUT2D eigenvalue weighted by Crippen LogP contribution is 2.14. The molecule has 24 heavy (non-hydrogen) atoms. The van der Waals surface area contributed by atoms with E-state index in [1.54, 1.807) is 0 Å². The van der Waals surface area contributed by atoms with Crippen molar-refractivity contribution in [2.45, 2.75) is 32.9 Å². The van der Waals surface area contributed by atoms with Crippen LogP contribution in [0.15, 0.2) is 28.8 Å². The second kappa shape index (κ2) is 7.56. The van der Waals surface area contributed by atoms with Gasteiger partial charge in [0.05, 0.1) is 18.2 Å². The molecule has 3 rings (SSSR count). The van der Waals surface area contributed by atoms with Crippen LogP contribution in [-0.4, -0.2) is 46.1 Å². The number of nitriles is 1. The van der Waals surface area contributed by atoms with Gasteiger partial charge in [-0.1, -0.05) is 31.1 Å². The summed E-state index contributed by atoms with van der Waals surface area (Å²) in [4.78, 5) is 9.21. The molecule has 6 nitrogen and oxygen atoms in total. The van der Waals surface area contributed by atoms with Crippen molar-refractivity contribution in [3.8, 4) is 6.07 Å². The Balaban J connectivity index is 1.49. The number of hydrogen-bond acceptors (Lipinski definition) is 6. The van der Waals surface area contributed by atoms with Crippen LogP contribution in [0.2, 0.25) is 0 Å². The average molecular weight is 325 g/mol. The van der Waals surface area contributed by atoms with Gasteiger partial charge in [0.2, 0.25) is 5.89 Å². The molecule has 0 atom stereocenters. The molecule has 0 spiro atoms.